The number of rotatable bonds is 3. The van der Waals surface area contributed by atoms with Crippen molar-refractivity contribution in [1.82, 2.24) is 20.0 Å². The molecule has 0 bridgehead atoms. The van der Waals surface area contributed by atoms with Gasteiger partial charge in [-0.1, -0.05) is 18.2 Å². The zero-order valence-electron chi connectivity index (χ0n) is 15.2. The number of aryl methyl sites for hydroxylation is 2. The first-order valence-electron chi connectivity index (χ1n) is 9.18. The number of aromatic nitrogens is 2. The second kappa shape index (κ2) is 6.21. The number of carbonyl (C=O) groups excluding carboxylic acids is 1. The molecule has 1 aromatic heterocycles. The Hall–Kier alpha value is -2.30. The second-order valence-electron chi connectivity index (χ2n) is 7.48. The highest BCUT2D eigenvalue weighted by atomic mass is 16.2. The summed E-state index contributed by atoms with van der Waals surface area (Å²) in [4.78, 5) is 14.6. The molecule has 2 aliphatic rings. The van der Waals surface area contributed by atoms with Crippen LogP contribution in [-0.4, -0.2) is 27.8 Å². The summed E-state index contributed by atoms with van der Waals surface area (Å²) in [6, 6.07) is 6.70. The molecule has 25 heavy (non-hydrogen) atoms. The van der Waals surface area contributed by atoms with E-state index in [0.29, 0.717) is 5.92 Å². The lowest BCUT2D eigenvalue weighted by atomic mass is 9.84. The van der Waals surface area contributed by atoms with Gasteiger partial charge in [0.25, 0.3) is 0 Å². The molecule has 0 spiro atoms. The topological polar surface area (TPSA) is 50.2 Å². The van der Waals surface area contributed by atoms with Gasteiger partial charge >= 0.3 is 6.03 Å². The average Bonchev–Trinajstić information content (AvgIpc) is 3.20. The Kier molecular flexibility index (Phi) is 4.02. The highest BCUT2D eigenvalue weighted by molar-refractivity contribution is 5.75. The minimum absolute atomic E-state index is 0.00705. The van der Waals surface area contributed by atoms with E-state index in [1.54, 1.807) is 9.58 Å². The van der Waals surface area contributed by atoms with E-state index >= 15 is 0 Å². The Morgan fingerprint density at radius 2 is 2.28 bits per heavy atom. The maximum Gasteiger partial charge on any atom is 0.318 e. The smallest absolute Gasteiger partial charge is 0.318 e. The summed E-state index contributed by atoms with van der Waals surface area (Å²) in [6.07, 6.45) is 8.51. The molecule has 1 N–H and O–H groups in total. The van der Waals surface area contributed by atoms with Crippen molar-refractivity contribution in [2.75, 3.05) is 7.05 Å². The van der Waals surface area contributed by atoms with Gasteiger partial charge in [0.1, 0.15) is 0 Å². The zero-order valence-corrected chi connectivity index (χ0v) is 15.2. The summed E-state index contributed by atoms with van der Waals surface area (Å²) >= 11 is 0. The first-order valence-corrected chi connectivity index (χ1v) is 9.18. The van der Waals surface area contributed by atoms with Crippen molar-refractivity contribution in [1.29, 1.82) is 0 Å². The molecular formula is C20H26N4O. The van der Waals surface area contributed by atoms with Crippen LogP contribution >= 0.6 is 0 Å². The molecule has 0 aliphatic heterocycles. The van der Waals surface area contributed by atoms with Gasteiger partial charge in [0.05, 0.1) is 18.3 Å². The van der Waals surface area contributed by atoms with Crippen molar-refractivity contribution in [3.8, 4) is 0 Å². The van der Waals surface area contributed by atoms with Crippen LogP contribution < -0.4 is 5.32 Å². The van der Waals surface area contributed by atoms with Crippen LogP contribution in [-0.2, 0) is 13.5 Å². The predicted octanol–water partition coefficient (Wildman–Crippen LogP) is 3.69. The molecule has 5 heteroatoms. The monoisotopic (exact) mass is 338 g/mol. The van der Waals surface area contributed by atoms with Gasteiger partial charge in [-0.25, -0.2) is 4.79 Å². The summed E-state index contributed by atoms with van der Waals surface area (Å²) in [5, 5.41) is 7.48. The number of amides is 2. The van der Waals surface area contributed by atoms with E-state index in [9.17, 15) is 4.79 Å². The third-order valence-corrected chi connectivity index (χ3v) is 5.94. The maximum absolute atomic E-state index is 12.8. The minimum atomic E-state index is -0.0161. The number of hydrogen-bond donors (Lipinski definition) is 1. The van der Waals surface area contributed by atoms with Crippen LogP contribution in [0.1, 0.15) is 66.4 Å². The van der Waals surface area contributed by atoms with Gasteiger partial charge in [-0.2, -0.15) is 5.10 Å². The van der Waals surface area contributed by atoms with Crippen LogP contribution in [0.2, 0.25) is 0 Å². The summed E-state index contributed by atoms with van der Waals surface area (Å²) < 4.78 is 1.77. The van der Waals surface area contributed by atoms with Gasteiger partial charge in [-0.15, -0.1) is 0 Å². The molecular weight excluding hydrogens is 312 g/mol. The molecule has 0 unspecified atom stereocenters. The fourth-order valence-electron chi connectivity index (χ4n) is 4.43. The van der Waals surface area contributed by atoms with Crippen LogP contribution in [0, 0.1) is 0 Å². The maximum atomic E-state index is 12.8. The van der Waals surface area contributed by atoms with Gasteiger partial charge in [0.15, 0.2) is 0 Å². The largest absolute Gasteiger partial charge is 0.331 e. The number of hydrogen-bond acceptors (Lipinski definition) is 2. The third kappa shape index (κ3) is 2.81. The van der Waals surface area contributed by atoms with Gasteiger partial charge in [0.2, 0.25) is 0 Å². The fraction of sp³-hybridized carbons (Fsp3) is 0.500. The SMILES string of the molecule is C[C@H](c1cnn(C)c1)N(C)C(=O)N[C@H]1C[C@H]2CCCc3cccc1c32. The summed E-state index contributed by atoms with van der Waals surface area (Å²) in [7, 11) is 3.75. The number of benzene rings is 1. The van der Waals surface area contributed by atoms with E-state index in [0.717, 1.165) is 12.0 Å². The van der Waals surface area contributed by atoms with Crippen LogP contribution in [0.3, 0.4) is 0 Å². The standard InChI is InChI=1S/C20H26N4O/c1-13(16-11-21-23(2)12-16)24(3)20(25)22-18-10-15-8-4-6-14-7-5-9-17(18)19(14)15/h5,7,9,11-13,15,18H,4,6,8,10H2,1-3H3,(H,22,25)/t13-,15-,18+/m1/s1. The molecule has 1 heterocycles. The first kappa shape index (κ1) is 16.2. The number of urea groups is 1. The average molecular weight is 338 g/mol. The molecule has 0 radical (unpaired) electrons. The van der Waals surface area contributed by atoms with Gasteiger partial charge < -0.3 is 10.2 Å². The van der Waals surface area contributed by atoms with Crippen molar-refractivity contribution in [3.05, 3.63) is 52.8 Å². The van der Waals surface area contributed by atoms with Gasteiger partial charge in [0, 0.05) is 25.9 Å². The van der Waals surface area contributed by atoms with Crippen molar-refractivity contribution < 1.29 is 4.79 Å². The Balaban J connectivity index is 1.50. The van der Waals surface area contributed by atoms with E-state index in [1.165, 1.54) is 36.0 Å². The van der Waals surface area contributed by atoms with Crippen molar-refractivity contribution in [2.45, 2.75) is 50.6 Å². The lowest BCUT2D eigenvalue weighted by Gasteiger charge is -2.26. The van der Waals surface area contributed by atoms with Crippen LogP contribution in [0.4, 0.5) is 4.79 Å². The molecule has 1 aromatic carbocycles. The Labute approximate surface area is 149 Å². The number of nitrogens with zero attached hydrogens (tertiary/aromatic N) is 3. The van der Waals surface area contributed by atoms with Crippen LogP contribution in [0.5, 0.6) is 0 Å². The van der Waals surface area contributed by atoms with Gasteiger partial charge in [-0.3, -0.25) is 4.68 Å². The summed E-state index contributed by atoms with van der Waals surface area (Å²) in [5.74, 6) is 0.617. The van der Waals surface area contributed by atoms with Crippen LogP contribution in [0.25, 0.3) is 0 Å². The normalized spacial score (nSPS) is 22.4. The lowest BCUT2D eigenvalue weighted by molar-refractivity contribution is 0.190. The summed E-state index contributed by atoms with van der Waals surface area (Å²) in [6.45, 7) is 2.04. The Bertz CT molecular complexity index is 797. The van der Waals surface area contributed by atoms with Crippen LogP contribution in [0.15, 0.2) is 30.6 Å². The Morgan fingerprint density at radius 1 is 1.44 bits per heavy atom. The molecule has 2 aromatic rings. The first-order chi connectivity index (χ1) is 12.0. The van der Waals surface area contributed by atoms with E-state index < -0.39 is 0 Å². The molecule has 5 nitrogen and oxygen atoms in total. The molecule has 0 fully saturated rings. The molecule has 132 valence electrons. The van der Waals surface area contributed by atoms with Crippen molar-refractivity contribution in [3.63, 3.8) is 0 Å². The molecule has 3 atom stereocenters. The quantitative estimate of drug-likeness (QED) is 0.928. The minimum Gasteiger partial charge on any atom is -0.331 e. The molecule has 0 saturated heterocycles. The predicted molar refractivity (Wildman–Crippen MR) is 97.4 cm³/mol. The molecule has 2 aliphatic carbocycles. The van der Waals surface area contributed by atoms with Crippen molar-refractivity contribution in [2.24, 2.45) is 7.05 Å². The van der Waals surface area contributed by atoms with E-state index in [1.807, 2.05) is 33.4 Å². The molecule has 4 rings (SSSR count). The van der Waals surface area contributed by atoms with E-state index in [-0.39, 0.29) is 18.1 Å². The van der Waals surface area contributed by atoms with E-state index in [4.69, 9.17) is 0 Å². The fourth-order valence-corrected chi connectivity index (χ4v) is 4.43. The van der Waals surface area contributed by atoms with E-state index in [2.05, 4.69) is 28.6 Å². The van der Waals surface area contributed by atoms with Gasteiger partial charge in [-0.05, 0) is 55.2 Å². The zero-order chi connectivity index (χ0) is 17.6. The highest BCUT2D eigenvalue weighted by Crippen LogP contribution is 2.47. The van der Waals surface area contributed by atoms with Crippen molar-refractivity contribution >= 4 is 6.03 Å². The molecule has 2 amide bonds. The Morgan fingerprint density at radius 3 is 3.04 bits per heavy atom. The number of nitrogens with one attached hydrogen (secondary N) is 1. The lowest BCUT2D eigenvalue weighted by Crippen LogP contribution is -2.40. The number of carbonyl (C=O) groups is 1. The third-order valence-electron chi connectivity index (χ3n) is 5.94. The second-order valence-corrected chi connectivity index (χ2v) is 7.48. The molecule has 0 saturated carbocycles. The highest BCUT2D eigenvalue weighted by Gasteiger charge is 2.35. The summed E-state index contributed by atoms with van der Waals surface area (Å²) in [5.41, 5.74) is 5.38.